The second-order valence-electron chi connectivity index (χ2n) is 17.9. The van der Waals surface area contributed by atoms with Crippen LogP contribution in [0.5, 0.6) is 0 Å². The highest BCUT2D eigenvalue weighted by molar-refractivity contribution is 7.92. The van der Waals surface area contributed by atoms with Gasteiger partial charge < -0.3 is 10.2 Å². The number of fused-ring (bicyclic) bond motifs is 5. The number of benzene rings is 1. The Morgan fingerprint density at radius 3 is 2.16 bits per heavy atom. The predicted molar refractivity (Wildman–Crippen MR) is 175 cm³/mol. The van der Waals surface area contributed by atoms with Crippen molar-refractivity contribution in [3.05, 3.63) is 30.3 Å². The number of sulfone groups is 1. The summed E-state index contributed by atoms with van der Waals surface area (Å²) < 4.78 is 29.0. The Hall–Kier alpha value is -1.24. The summed E-state index contributed by atoms with van der Waals surface area (Å²) in [5, 5.41) is 22.1. The molecule has 0 bridgehead atoms. The Bertz CT molecular complexity index is 1340. The van der Waals surface area contributed by atoms with Crippen LogP contribution in [0.2, 0.25) is 0 Å². The zero-order valence-corrected chi connectivity index (χ0v) is 29.0. The fourth-order valence-corrected chi connectivity index (χ4v) is 13.9. The fraction of sp³-hybridized carbons (Fsp3) is 0.816. The molecule has 0 aromatic heterocycles. The van der Waals surface area contributed by atoms with Crippen LogP contribution in [0.25, 0.3) is 0 Å². The number of carbonyl (C=O) groups is 1. The molecule has 10 atom stereocenters. The molecular weight excluding hydrogens is 568 g/mol. The minimum absolute atomic E-state index is 0.0511. The van der Waals surface area contributed by atoms with Crippen molar-refractivity contribution in [2.45, 2.75) is 146 Å². The van der Waals surface area contributed by atoms with Crippen LogP contribution in [0.3, 0.4) is 0 Å². The van der Waals surface area contributed by atoms with Crippen LogP contribution in [0, 0.1) is 51.8 Å². The first-order valence-corrected chi connectivity index (χ1v) is 19.2. The monoisotopic (exact) mass is 626 g/mol. The van der Waals surface area contributed by atoms with E-state index in [4.69, 9.17) is 0 Å². The second kappa shape index (κ2) is 10.9. The van der Waals surface area contributed by atoms with Gasteiger partial charge in [-0.1, -0.05) is 52.8 Å². The van der Waals surface area contributed by atoms with E-state index in [2.05, 4.69) is 34.6 Å². The zero-order valence-electron chi connectivity index (χ0n) is 28.1. The molecule has 0 aliphatic heterocycles. The van der Waals surface area contributed by atoms with Gasteiger partial charge in [0.2, 0.25) is 0 Å². The average molecular weight is 627 g/mol. The molecule has 5 saturated carbocycles. The lowest BCUT2D eigenvalue weighted by molar-refractivity contribution is -0.168. The van der Waals surface area contributed by atoms with Crippen molar-refractivity contribution in [1.29, 1.82) is 0 Å². The molecule has 0 radical (unpaired) electrons. The first-order chi connectivity index (χ1) is 20.4. The zero-order chi connectivity index (χ0) is 31.9. The molecule has 5 aliphatic carbocycles. The molecule has 1 unspecified atom stereocenters. The molecule has 0 heterocycles. The number of hydrogen-bond donors (Lipinski definition) is 2. The standard InChI is InChI=1S/C38H58O5S/c1-25(32(44(42,43)27-10-8-7-9-11-27)24-38(41)20-16-34(2,3)17-21-38)29-14-15-30-28-13-12-26-22-35(4,40)18-19-36(26,5)33(28)31(39)23-37(29,30)6/h7-11,25-26,28-30,32-33,40-41H,12-24H2,1-6H3/t25-,26+,28-,29+,30-,32?,33+,35-,36-,37+/m0/s1. The molecule has 5 aliphatic rings. The van der Waals surface area contributed by atoms with Crippen molar-refractivity contribution in [3.8, 4) is 0 Å². The van der Waals surface area contributed by atoms with Gasteiger partial charge >= 0.3 is 0 Å². The van der Waals surface area contributed by atoms with Gasteiger partial charge in [-0.05, 0) is 142 Å². The van der Waals surface area contributed by atoms with Crippen molar-refractivity contribution in [1.82, 2.24) is 0 Å². The van der Waals surface area contributed by atoms with E-state index in [1.54, 1.807) is 24.3 Å². The summed E-state index contributed by atoms with van der Waals surface area (Å²) in [6, 6.07) is 8.85. The van der Waals surface area contributed by atoms with E-state index in [1.165, 1.54) is 0 Å². The molecule has 6 rings (SSSR count). The molecule has 246 valence electrons. The molecule has 5 fully saturated rings. The molecule has 44 heavy (non-hydrogen) atoms. The molecule has 0 spiro atoms. The molecule has 0 saturated heterocycles. The molecular formula is C38H58O5S. The van der Waals surface area contributed by atoms with Gasteiger partial charge in [-0.25, -0.2) is 8.42 Å². The molecule has 5 nitrogen and oxygen atoms in total. The maximum Gasteiger partial charge on any atom is 0.181 e. The van der Waals surface area contributed by atoms with E-state index >= 15 is 0 Å². The first-order valence-electron chi connectivity index (χ1n) is 17.7. The lowest BCUT2D eigenvalue weighted by atomic mass is 9.43. The minimum atomic E-state index is -3.71. The summed E-state index contributed by atoms with van der Waals surface area (Å²) in [5.74, 6) is 1.53. The van der Waals surface area contributed by atoms with Crippen LogP contribution < -0.4 is 0 Å². The number of Topliss-reactive ketones (excluding diaryl/α,β-unsaturated/α-hetero) is 1. The lowest BCUT2D eigenvalue weighted by Gasteiger charge is -2.61. The van der Waals surface area contributed by atoms with Crippen molar-refractivity contribution in [2.75, 3.05) is 0 Å². The van der Waals surface area contributed by atoms with Crippen LogP contribution in [0.1, 0.15) is 125 Å². The van der Waals surface area contributed by atoms with E-state index in [1.807, 2.05) is 13.0 Å². The third kappa shape index (κ3) is 5.45. The fourth-order valence-electron chi connectivity index (χ4n) is 11.7. The highest BCUT2D eigenvalue weighted by Crippen LogP contribution is 2.68. The van der Waals surface area contributed by atoms with Gasteiger partial charge in [0, 0.05) is 12.3 Å². The van der Waals surface area contributed by atoms with Gasteiger partial charge in [-0.15, -0.1) is 0 Å². The number of hydrogen-bond acceptors (Lipinski definition) is 5. The number of aliphatic hydroxyl groups is 2. The van der Waals surface area contributed by atoms with E-state index in [0.717, 1.165) is 57.8 Å². The summed E-state index contributed by atoms with van der Waals surface area (Å²) in [6.07, 6.45) is 10.4. The Morgan fingerprint density at radius 2 is 1.50 bits per heavy atom. The largest absolute Gasteiger partial charge is 0.390 e. The van der Waals surface area contributed by atoms with Gasteiger partial charge in [0.05, 0.1) is 21.3 Å². The Kier molecular flexibility index (Phi) is 8.10. The van der Waals surface area contributed by atoms with Gasteiger partial charge in [0.15, 0.2) is 9.84 Å². The first kappa shape index (κ1) is 32.7. The molecule has 0 amide bonds. The summed E-state index contributed by atoms with van der Waals surface area (Å²) in [6.45, 7) is 13.2. The molecule has 2 N–H and O–H groups in total. The number of carbonyl (C=O) groups excluding carboxylic acids is 1. The van der Waals surface area contributed by atoms with Crippen LogP contribution in [-0.2, 0) is 14.6 Å². The highest BCUT2D eigenvalue weighted by Gasteiger charge is 2.65. The van der Waals surface area contributed by atoms with Gasteiger partial charge in [-0.3, -0.25) is 4.79 Å². The summed E-state index contributed by atoms with van der Waals surface area (Å²) in [7, 11) is -3.71. The SMILES string of the molecule is C[C@H](C(CC1(O)CCC(C)(C)CC1)S(=O)(=O)c1ccccc1)[C@H]1CC[C@H]2[C@@H]3CC[C@@H]4C[C@@](C)(O)CC[C@]4(C)[C@H]3C(=O)C[C@]12C. The summed E-state index contributed by atoms with van der Waals surface area (Å²) in [5.41, 5.74) is -1.74. The molecule has 6 heteroatoms. The molecule has 1 aromatic rings. The van der Waals surface area contributed by atoms with E-state index < -0.39 is 26.3 Å². The van der Waals surface area contributed by atoms with E-state index in [9.17, 15) is 23.4 Å². The Balaban J connectivity index is 1.31. The van der Waals surface area contributed by atoms with Crippen LogP contribution in [0.4, 0.5) is 0 Å². The summed E-state index contributed by atoms with van der Waals surface area (Å²) in [4.78, 5) is 14.7. The second-order valence-corrected chi connectivity index (χ2v) is 20.1. The van der Waals surface area contributed by atoms with Gasteiger partial charge in [-0.2, -0.15) is 0 Å². The van der Waals surface area contributed by atoms with Crippen LogP contribution in [0.15, 0.2) is 35.2 Å². The smallest absolute Gasteiger partial charge is 0.181 e. The third-order valence-corrected chi connectivity index (χ3v) is 16.8. The highest BCUT2D eigenvalue weighted by atomic mass is 32.2. The quantitative estimate of drug-likeness (QED) is 0.337. The van der Waals surface area contributed by atoms with Crippen molar-refractivity contribution < 1.29 is 23.4 Å². The van der Waals surface area contributed by atoms with Crippen LogP contribution >= 0.6 is 0 Å². The van der Waals surface area contributed by atoms with E-state index in [-0.39, 0.29) is 40.4 Å². The maximum atomic E-state index is 14.5. The molecule has 1 aromatic carbocycles. The normalized spacial score (nSPS) is 42.9. The Morgan fingerprint density at radius 1 is 0.841 bits per heavy atom. The third-order valence-electron chi connectivity index (χ3n) is 14.5. The maximum absolute atomic E-state index is 14.5. The Labute approximate surface area is 266 Å². The van der Waals surface area contributed by atoms with Crippen LogP contribution in [-0.4, -0.2) is 40.9 Å². The van der Waals surface area contributed by atoms with E-state index in [0.29, 0.717) is 47.7 Å². The number of rotatable bonds is 6. The van der Waals surface area contributed by atoms with Crippen molar-refractivity contribution in [2.24, 2.45) is 51.8 Å². The lowest BCUT2D eigenvalue weighted by Crippen LogP contribution is -2.59. The number of ketones is 1. The van der Waals surface area contributed by atoms with Crippen molar-refractivity contribution in [3.63, 3.8) is 0 Å². The van der Waals surface area contributed by atoms with Gasteiger partial charge in [0.1, 0.15) is 5.78 Å². The van der Waals surface area contributed by atoms with Gasteiger partial charge in [0.25, 0.3) is 0 Å². The summed E-state index contributed by atoms with van der Waals surface area (Å²) >= 11 is 0. The topological polar surface area (TPSA) is 91.7 Å². The predicted octanol–water partition coefficient (Wildman–Crippen LogP) is 7.78. The average Bonchev–Trinajstić information content (AvgIpc) is 3.30. The minimum Gasteiger partial charge on any atom is -0.390 e. The van der Waals surface area contributed by atoms with Crippen molar-refractivity contribution >= 4 is 15.6 Å².